The molecule has 0 aliphatic carbocycles. The fourth-order valence-electron chi connectivity index (χ4n) is 0.919. The van der Waals surface area contributed by atoms with Crippen molar-refractivity contribution in [2.24, 2.45) is 0 Å². The van der Waals surface area contributed by atoms with Gasteiger partial charge in [0.25, 0.3) is 0 Å². The van der Waals surface area contributed by atoms with Crippen molar-refractivity contribution in [3.63, 3.8) is 0 Å². The van der Waals surface area contributed by atoms with Crippen molar-refractivity contribution >= 4 is 11.9 Å². The topological polar surface area (TPSA) is 47.3 Å². The first kappa shape index (κ1) is 6.03. The Morgan fingerprint density at radius 3 is 3.18 bits per heavy atom. The zero-order valence-electron chi connectivity index (χ0n) is 5.64. The summed E-state index contributed by atoms with van der Waals surface area (Å²) in [5.74, 6) is 0. The van der Waals surface area contributed by atoms with Gasteiger partial charge in [0.1, 0.15) is 5.69 Å². The third-order valence-corrected chi connectivity index (χ3v) is 1.40. The molecule has 0 saturated heterocycles. The van der Waals surface area contributed by atoms with Crippen LogP contribution in [0.5, 0.6) is 0 Å². The minimum Gasteiger partial charge on any atom is -0.304 e. The van der Waals surface area contributed by atoms with Crippen LogP contribution in [0.4, 0.5) is 0 Å². The molecule has 0 radical (unpaired) electrons. The summed E-state index contributed by atoms with van der Waals surface area (Å²) < 4.78 is 1.75. The fraction of sp³-hybridized carbons (Fsp3) is 0. The van der Waals surface area contributed by atoms with Crippen LogP contribution in [-0.2, 0) is 0 Å². The number of aromatic nitrogens is 3. The van der Waals surface area contributed by atoms with E-state index in [1.54, 1.807) is 29.2 Å². The van der Waals surface area contributed by atoms with Gasteiger partial charge in [0.05, 0.1) is 6.20 Å². The maximum absolute atomic E-state index is 10.3. The molecule has 2 aromatic rings. The first-order chi connectivity index (χ1) is 5.40. The summed E-state index contributed by atoms with van der Waals surface area (Å²) in [7, 11) is 0. The van der Waals surface area contributed by atoms with Gasteiger partial charge in [0.2, 0.25) is 0 Å². The van der Waals surface area contributed by atoms with E-state index in [0.717, 1.165) is 0 Å². The highest BCUT2D eigenvalue weighted by atomic mass is 16.1. The van der Waals surface area contributed by atoms with Gasteiger partial charge in [0.15, 0.2) is 11.9 Å². The molecule has 2 aromatic heterocycles. The maximum atomic E-state index is 10.3. The summed E-state index contributed by atoms with van der Waals surface area (Å²) >= 11 is 0. The lowest BCUT2D eigenvalue weighted by Gasteiger charge is -1.85. The average Bonchev–Trinajstić information content (AvgIpc) is 2.46. The minimum absolute atomic E-state index is 0.429. The SMILES string of the molecule is O=Cc1cn2ccncc2n1. The van der Waals surface area contributed by atoms with Crippen LogP contribution < -0.4 is 0 Å². The normalized spacial score (nSPS) is 10.2. The monoisotopic (exact) mass is 147 g/mol. The van der Waals surface area contributed by atoms with Crippen LogP contribution in [0.25, 0.3) is 5.65 Å². The number of imidazole rings is 1. The van der Waals surface area contributed by atoms with E-state index in [0.29, 0.717) is 17.6 Å². The fourth-order valence-corrected chi connectivity index (χ4v) is 0.919. The van der Waals surface area contributed by atoms with Crippen molar-refractivity contribution in [3.8, 4) is 0 Å². The summed E-state index contributed by atoms with van der Waals surface area (Å²) in [6, 6.07) is 0. The third kappa shape index (κ3) is 0.881. The number of carbonyl (C=O) groups excluding carboxylic acids is 1. The molecule has 0 saturated carbocycles. The summed E-state index contributed by atoms with van der Waals surface area (Å²) in [5.41, 5.74) is 1.12. The van der Waals surface area contributed by atoms with Crippen LogP contribution in [0.15, 0.2) is 24.8 Å². The molecule has 4 heteroatoms. The van der Waals surface area contributed by atoms with E-state index >= 15 is 0 Å². The third-order valence-electron chi connectivity index (χ3n) is 1.40. The van der Waals surface area contributed by atoms with E-state index in [1.807, 2.05) is 0 Å². The van der Waals surface area contributed by atoms with E-state index < -0.39 is 0 Å². The molecular formula is C7H5N3O. The van der Waals surface area contributed by atoms with Gasteiger partial charge in [0, 0.05) is 18.6 Å². The highest BCUT2D eigenvalue weighted by Gasteiger charge is 1.97. The van der Waals surface area contributed by atoms with Gasteiger partial charge < -0.3 is 4.40 Å². The Bertz CT molecular complexity index is 360. The summed E-state index contributed by atoms with van der Waals surface area (Å²) in [4.78, 5) is 18.1. The van der Waals surface area contributed by atoms with E-state index in [1.165, 1.54) is 0 Å². The van der Waals surface area contributed by atoms with Crippen LogP contribution in [0, 0.1) is 0 Å². The molecule has 0 bridgehead atoms. The first-order valence-electron chi connectivity index (χ1n) is 3.14. The summed E-state index contributed by atoms with van der Waals surface area (Å²) in [5, 5.41) is 0. The zero-order chi connectivity index (χ0) is 7.68. The minimum atomic E-state index is 0.429. The molecule has 0 unspecified atom stereocenters. The predicted octanol–water partition coefficient (Wildman–Crippen LogP) is 0.542. The van der Waals surface area contributed by atoms with Gasteiger partial charge in [-0.25, -0.2) is 4.98 Å². The number of hydrogen-bond donors (Lipinski definition) is 0. The highest BCUT2D eigenvalue weighted by Crippen LogP contribution is 1.99. The number of fused-ring (bicyclic) bond motifs is 1. The van der Waals surface area contributed by atoms with Gasteiger partial charge in [-0.2, -0.15) is 0 Å². The Balaban J connectivity index is 2.78. The molecule has 0 N–H and O–H groups in total. The smallest absolute Gasteiger partial charge is 0.170 e. The molecule has 0 fully saturated rings. The van der Waals surface area contributed by atoms with Crippen LogP contribution >= 0.6 is 0 Å². The molecule has 11 heavy (non-hydrogen) atoms. The Morgan fingerprint density at radius 2 is 2.45 bits per heavy atom. The molecule has 0 spiro atoms. The quantitative estimate of drug-likeness (QED) is 0.553. The van der Waals surface area contributed by atoms with E-state index in [-0.39, 0.29) is 0 Å². The lowest BCUT2D eigenvalue weighted by atomic mass is 10.5. The van der Waals surface area contributed by atoms with Crippen molar-refractivity contribution in [3.05, 3.63) is 30.5 Å². The lowest BCUT2D eigenvalue weighted by Crippen LogP contribution is -1.81. The van der Waals surface area contributed by atoms with E-state index in [4.69, 9.17) is 0 Å². The van der Waals surface area contributed by atoms with Crippen LogP contribution in [-0.4, -0.2) is 20.7 Å². The average molecular weight is 147 g/mol. The Labute approximate surface area is 62.5 Å². The van der Waals surface area contributed by atoms with E-state index in [9.17, 15) is 4.79 Å². The summed E-state index contributed by atoms with van der Waals surface area (Å²) in [6.07, 6.45) is 7.36. The molecule has 2 heterocycles. The number of hydrogen-bond acceptors (Lipinski definition) is 3. The Kier molecular flexibility index (Phi) is 1.18. The summed E-state index contributed by atoms with van der Waals surface area (Å²) in [6.45, 7) is 0. The number of aldehydes is 1. The molecule has 4 nitrogen and oxygen atoms in total. The second-order valence-corrected chi connectivity index (χ2v) is 2.13. The standard InChI is InChI=1S/C7H5N3O/c11-5-6-4-10-2-1-8-3-7(10)9-6/h1-5H. The van der Waals surface area contributed by atoms with Gasteiger partial charge in [-0.1, -0.05) is 0 Å². The van der Waals surface area contributed by atoms with Crippen molar-refractivity contribution in [2.75, 3.05) is 0 Å². The second kappa shape index (κ2) is 2.16. The first-order valence-corrected chi connectivity index (χ1v) is 3.14. The molecule has 0 aromatic carbocycles. The lowest BCUT2D eigenvalue weighted by molar-refractivity contribution is 0.111. The molecule has 2 rings (SSSR count). The Morgan fingerprint density at radius 1 is 1.55 bits per heavy atom. The molecule has 0 atom stereocenters. The van der Waals surface area contributed by atoms with Crippen molar-refractivity contribution in [1.82, 2.24) is 14.4 Å². The Hall–Kier alpha value is -1.71. The second-order valence-electron chi connectivity index (χ2n) is 2.13. The largest absolute Gasteiger partial charge is 0.304 e. The van der Waals surface area contributed by atoms with Gasteiger partial charge in [-0.15, -0.1) is 0 Å². The highest BCUT2D eigenvalue weighted by molar-refractivity contribution is 5.72. The number of nitrogens with zero attached hydrogens (tertiary/aromatic N) is 3. The van der Waals surface area contributed by atoms with Gasteiger partial charge in [-0.05, 0) is 0 Å². The molecule has 0 aliphatic rings. The molecule has 0 amide bonds. The number of rotatable bonds is 1. The maximum Gasteiger partial charge on any atom is 0.170 e. The molecular weight excluding hydrogens is 142 g/mol. The van der Waals surface area contributed by atoms with Gasteiger partial charge >= 0.3 is 0 Å². The molecule has 0 aliphatic heterocycles. The van der Waals surface area contributed by atoms with E-state index in [2.05, 4.69) is 9.97 Å². The van der Waals surface area contributed by atoms with Crippen LogP contribution in [0.2, 0.25) is 0 Å². The van der Waals surface area contributed by atoms with Crippen molar-refractivity contribution in [1.29, 1.82) is 0 Å². The van der Waals surface area contributed by atoms with Crippen molar-refractivity contribution < 1.29 is 4.79 Å². The number of carbonyl (C=O) groups is 1. The van der Waals surface area contributed by atoms with Crippen molar-refractivity contribution in [2.45, 2.75) is 0 Å². The van der Waals surface area contributed by atoms with Gasteiger partial charge in [-0.3, -0.25) is 9.78 Å². The zero-order valence-corrected chi connectivity index (χ0v) is 5.64. The predicted molar refractivity (Wildman–Crippen MR) is 38.4 cm³/mol. The van der Waals surface area contributed by atoms with Crippen LogP contribution in [0.3, 0.4) is 0 Å². The molecule has 54 valence electrons. The van der Waals surface area contributed by atoms with Crippen LogP contribution in [0.1, 0.15) is 10.5 Å².